The minimum atomic E-state index is 0.0565. The summed E-state index contributed by atoms with van der Waals surface area (Å²) >= 11 is 1.51. The van der Waals surface area contributed by atoms with Crippen LogP contribution in [-0.4, -0.2) is 11.1 Å². The van der Waals surface area contributed by atoms with E-state index in [0.29, 0.717) is 6.54 Å². The first-order valence-corrected chi connectivity index (χ1v) is 8.63. The van der Waals surface area contributed by atoms with Crippen molar-refractivity contribution in [3.8, 4) is 5.75 Å². The van der Waals surface area contributed by atoms with Crippen LogP contribution in [0.4, 0.5) is 5.69 Å². The van der Waals surface area contributed by atoms with Crippen molar-refractivity contribution in [1.29, 1.82) is 0 Å². The number of anilines is 1. The summed E-state index contributed by atoms with van der Waals surface area (Å²) in [6.45, 7) is 7.52. The van der Waals surface area contributed by atoms with Crippen molar-refractivity contribution < 1.29 is 4.74 Å². The molecule has 0 fully saturated rings. The fraction of sp³-hybridized carbons (Fsp3) is 0.278. The Balaban J connectivity index is 2.04. The normalized spacial score (nSPS) is 17.0. The summed E-state index contributed by atoms with van der Waals surface area (Å²) in [7, 11) is 0. The van der Waals surface area contributed by atoms with Gasteiger partial charge in [-0.15, -0.1) is 11.3 Å². The first-order chi connectivity index (χ1) is 11.2. The Kier molecular flexibility index (Phi) is 4.39. The molecule has 4 nitrogen and oxygen atoms in total. The van der Waals surface area contributed by atoms with E-state index in [1.54, 1.807) is 4.57 Å². The van der Waals surface area contributed by atoms with Gasteiger partial charge in [-0.1, -0.05) is 18.2 Å². The summed E-state index contributed by atoms with van der Waals surface area (Å²) in [6.07, 6.45) is 5.71. The summed E-state index contributed by atoms with van der Waals surface area (Å²) in [4.78, 5) is 14.5. The van der Waals surface area contributed by atoms with E-state index in [2.05, 4.69) is 11.8 Å². The Morgan fingerprint density at radius 2 is 1.96 bits per heavy atom. The van der Waals surface area contributed by atoms with Crippen LogP contribution in [0.25, 0.3) is 12.2 Å². The smallest absolute Gasteiger partial charge is 0.269 e. The highest BCUT2D eigenvalue weighted by molar-refractivity contribution is 7.07. The molecule has 0 spiro atoms. The second kappa shape index (κ2) is 6.46. The largest absolute Gasteiger partial charge is 0.439 e. The second-order valence-corrected chi connectivity index (χ2v) is 6.19. The van der Waals surface area contributed by atoms with Crippen molar-refractivity contribution in [3.05, 3.63) is 55.8 Å². The lowest BCUT2D eigenvalue weighted by Gasteiger charge is -2.14. The van der Waals surface area contributed by atoms with Gasteiger partial charge in [0.05, 0.1) is 14.9 Å². The van der Waals surface area contributed by atoms with Crippen molar-refractivity contribution >= 4 is 29.2 Å². The number of hydrogen-bond donors (Lipinski definition) is 0. The van der Waals surface area contributed by atoms with Crippen LogP contribution in [0.15, 0.2) is 41.0 Å². The molecular weight excluding hydrogens is 308 g/mol. The van der Waals surface area contributed by atoms with Crippen molar-refractivity contribution in [2.75, 3.05) is 11.4 Å². The van der Waals surface area contributed by atoms with Gasteiger partial charge < -0.3 is 9.64 Å². The van der Waals surface area contributed by atoms with Gasteiger partial charge in [-0.2, -0.15) is 0 Å². The zero-order chi connectivity index (χ0) is 16.4. The molecule has 2 aromatic rings. The molecule has 1 aliphatic rings. The van der Waals surface area contributed by atoms with E-state index in [1.807, 2.05) is 56.3 Å². The number of ether oxygens (including phenoxy) is 1. The summed E-state index contributed by atoms with van der Waals surface area (Å²) in [5.74, 6) is 1.61. The first-order valence-electron chi connectivity index (χ1n) is 7.82. The van der Waals surface area contributed by atoms with Gasteiger partial charge in [0.15, 0.2) is 5.75 Å². The van der Waals surface area contributed by atoms with E-state index < -0.39 is 0 Å². The van der Waals surface area contributed by atoms with Crippen molar-refractivity contribution in [1.82, 2.24) is 4.57 Å². The van der Waals surface area contributed by atoms with E-state index >= 15 is 0 Å². The molecule has 0 bridgehead atoms. The summed E-state index contributed by atoms with van der Waals surface area (Å²) < 4.78 is 9.41. The van der Waals surface area contributed by atoms with Crippen molar-refractivity contribution in [2.24, 2.45) is 0 Å². The van der Waals surface area contributed by atoms with Crippen LogP contribution >= 0.6 is 11.3 Å². The highest BCUT2D eigenvalue weighted by Crippen LogP contribution is 2.38. The van der Waals surface area contributed by atoms with Crippen LogP contribution in [0.1, 0.15) is 20.8 Å². The quantitative estimate of drug-likeness (QED) is 0.867. The molecule has 0 radical (unpaired) electrons. The third-order valence-corrected chi connectivity index (χ3v) is 5.03. The molecule has 0 saturated heterocycles. The fourth-order valence-corrected chi connectivity index (χ4v) is 3.71. The predicted molar refractivity (Wildman–Crippen MR) is 96.3 cm³/mol. The lowest BCUT2D eigenvalue weighted by molar-refractivity contribution is 0.440. The van der Waals surface area contributed by atoms with Gasteiger partial charge in [0.2, 0.25) is 5.88 Å². The molecule has 1 aromatic carbocycles. The Hall–Kier alpha value is -2.27. The zero-order valence-electron chi connectivity index (χ0n) is 13.6. The summed E-state index contributed by atoms with van der Waals surface area (Å²) in [6, 6.07) is 7.96. The molecule has 0 N–H and O–H groups in total. The molecule has 1 aromatic heterocycles. The maximum absolute atomic E-state index is 12.4. The minimum absolute atomic E-state index is 0.0565. The molecule has 0 aliphatic carbocycles. The number of nitrogens with zero attached hydrogens (tertiary/aromatic N) is 2. The van der Waals surface area contributed by atoms with Gasteiger partial charge in [-0.3, -0.25) is 9.36 Å². The fourth-order valence-electron chi connectivity index (χ4n) is 2.71. The summed E-state index contributed by atoms with van der Waals surface area (Å²) in [5.41, 5.74) is 1.12. The van der Waals surface area contributed by atoms with Crippen LogP contribution in [0.2, 0.25) is 0 Å². The third kappa shape index (κ3) is 2.72. The molecule has 0 amide bonds. The first kappa shape index (κ1) is 15.6. The molecule has 1 aliphatic heterocycles. The molecule has 23 heavy (non-hydrogen) atoms. The molecule has 0 unspecified atom stereocenters. The molecule has 0 saturated carbocycles. The van der Waals surface area contributed by atoms with Crippen molar-refractivity contribution in [3.63, 3.8) is 0 Å². The maximum atomic E-state index is 12.4. The monoisotopic (exact) mass is 328 g/mol. The average Bonchev–Trinajstić information content (AvgIpc) is 3.09. The van der Waals surface area contributed by atoms with Gasteiger partial charge in [0, 0.05) is 19.2 Å². The number of allylic oxidation sites excluding steroid dienone is 1. The highest BCUT2D eigenvalue weighted by atomic mass is 32.1. The van der Waals surface area contributed by atoms with E-state index in [-0.39, 0.29) is 5.56 Å². The average molecular weight is 328 g/mol. The Morgan fingerprint density at radius 3 is 2.61 bits per heavy atom. The molecular formula is C18H20N2O2S. The molecule has 3 rings (SSSR count). The highest BCUT2D eigenvalue weighted by Gasteiger charge is 2.23. The maximum Gasteiger partial charge on any atom is 0.269 e. The van der Waals surface area contributed by atoms with Crippen LogP contribution in [0, 0.1) is 0 Å². The topological polar surface area (TPSA) is 34.5 Å². The molecule has 5 heteroatoms. The van der Waals surface area contributed by atoms with E-state index in [1.165, 1.54) is 11.3 Å². The third-order valence-electron chi connectivity index (χ3n) is 3.83. The number of thiazole rings is 1. The van der Waals surface area contributed by atoms with E-state index in [0.717, 1.165) is 33.1 Å². The van der Waals surface area contributed by atoms with Crippen LogP contribution in [0.5, 0.6) is 5.75 Å². The predicted octanol–water partition coefficient (Wildman–Crippen LogP) is 2.27. The lowest BCUT2D eigenvalue weighted by atomic mass is 10.3. The lowest BCUT2D eigenvalue weighted by Crippen LogP contribution is -2.30. The molecule has 120 valence electrons. The number of para-hydroxylation sites is 2. The van der Waals surface area contributed by atoms with Gasteiger partial charge in [0.1, 0.15) is 0 Å². The van der Waals surface area contributed by atoms with Gasteiger partial charge >= 0.3 is 0 Å². The second-order valence-electron chi connectivity index (χ2n) is 5.13. The van der Waals surface area contributed by atoms with Crippen LogP contribution in [-0.2, 0) is 6.54 Å². The number of aromatic nitrogens is 1. The Labute approximate surface area is 139 Å². The Morgan fingerprint density at radius 1 is 1.17 bits per heavy atom. The summed E-state index contributed by atoms with van der Waals surface area (Å²) in [5, 5.41) is 0. The molecule has 2 heterocycles. The van der Waals surface area contributed by atoms with Crippen molar-refractivity contribution in [2.45, 2.75) is 27.3 Å². The standard InChI is InChI=1S/C18H20N2O2S/c1-4-17-20(6-3)18(21)15(23-17)11-12-16-19(5-2)13-9-7-8-10-14(13)22-16/h4,7-12H,5-6H2,1-3H3/b15-11?,16-12?,17-4+. The SMILES string of the molecule is C/C=c1/sc(=CC=C2Oc3ccccc3N2CC)c(=O)n1CC. The van der Waals surface area contributed by atoms with Gasteiger partial charge in [-0.05, 0) is 39.0 Å². The number of hydrogen-bond acceptors (Lipinski definition) is 4. The van der Waals surface area contributed by atoms with Gasteiger partial charge in [-0.25, -0.2) is 0 Å². The number of fused-ring (bicyclic) bond motifs is 1. The van der Waals surface area contributed by atoms with Gasteiger partial charge in [0.25, 0.3) is 5.56 Å². The minimum Gasteiger partial charge on any atom is -0.439 e. The number of rotatable bonds is 3. The van der Waals surface area contributed by atoms with E-state index in [4.69, 9.17) is 4.74 Å². The van der Waals surface area contributed by atoms with Crippen LogP contribution < -0.4 is 24.4 Å². The zero-order valence-corrected chi connectivity index (χ0v) is 14.4. The Bertz CT molecular complexity index is 921. The van der Waals surface area contributed by atoms with E-state index in [9.17, 15) is 4.79 Å². The molecule has 0 atom stereocenters. The number of benzene rings is 1. The van der Waals surface area contributed by atoms with Crippen LogP contribution in [0.3, 0.4) is 0 Å².